The number of piperidine rings is 1. The highest BCUT2D eigenvalue weighted by Crippen LogP contribution is 2.20. The molecule has 2 rings (SSSR count). The predicted octanol–water partition coefficient (Wildman–Crippen LogP) is 2.50. The van der Waals surface area contributed by atoms with E-state index in [1.165, 1.54) is 36.6 Å². The SMILES string of the molecule is COCC1CCN(Cc2csc(CNC(C)C)n2)CC1. The number of ether oxygens (including phenoxy) is 1. The molecule has 0 aliphatic carbocycles. The highest BCUT2D eigenvalue weighted by atomic mass is 32.1. The minimum Gasteiger partial charge on any atom is -0.384 e. The average Bonchev–Trinajstić information content (AvgIpc) is 2.87. The number of aromatic nitrogens is 1. The highest BCUT2D eigenvalue weighted by Gasteiger charge is 2.19. The van der Waals surface area contributed by atoms with Crippen LogP contribution in [0.25, 0.3) is 0 Å². The number of thiazole rings is 1. The monoisotopic (exact) mass is 297 g/mol. The second-order valence-electron chi connectivity index (χ2n) is 5.94. The molecule has 114 valence electrons. The quantitative estimate of drug-likeness (QED) is 0.839. The van der Waals surface area contributed by atoms with Crippen molar-refractivity contribution in [1.29, 1.82) is 0 Å². The summed E-state index contributed by atoms with van der Waals surface area (Å²) >= 11 is 1.77. The van der Waals surface area contributed by atoms with Crippen LogP contribution in [0.15, 0.2) is 5.38 Å². The van der Waals surface area contributed by atoms with Gasteiger partial charge in [-0.2, -0.15) is 0 Å². The van der Waals surface area contributed by atoms with Gasteiger partial charge in [-0.25, -0.2) is 4.98 Å². The fraction of sp³-hybridized carbons (Fsp3) is 0.800. The van der Waals surface area contributed by atoms with Gasteiger partial charge < -0.3 is 10.1 Å². The molecule has 1 aliphatic rings. The first-order valence-electron chi connectivity index (χ1n) is 7.55. The zero-order chi connectivity index (χ0) is 14.4. The van der Waals surface area contributed by atoms with E-state index in [2.05, 4.69) is 29.4 Å². The van der Waals surface area contributed by atoms with Crippen LogP contribution in [0, 0.1) is 5.92 Å². The third-order valence-corrected chi connectivity index (χ3v) is 4.65. The maximum Gasteiger partial charge on any atom is 0.107 e. The maximum absolute atomic E-state index is 5.25. The van der Waals surface area contributed by atoms with Gasteiger partial charge in [-0.15, -0.1) is 11.3 Å². The molecule has 1 aromatic heterocycles. The van der Waals surface area contributed by atoms with Crippen LogP contribution in [0.4, 0.5) is 0 Å². The summed E-state index contributed by atoms with van der Waals surface area (Å²) < 4.78 is 5.25. The summed E-state index contributed by atoms with van der Waals surface area (Å²) in [6, 6.07) is 0.516. The van der Waals surface area contributed by atoms with Crippen molar-refractivity contribution in [2.24, 2.45) is 5.92 Å². The lowest BCUT2D eigenvalue weighted by atomic mass is 9.98. The molecule has 0 aromatic carbocycles. The van der Waals surface area contributed by atoms with E-state index in [4.69, 9.17) is 9.72 Å². The number of rotatable bonds is 7. The first-order valence-corrected chi connectivity index (χ1v) is 8.43. The van der Waals surface area contributed by atoms with Crippen molar-refractivity contribution in [2.75, 3.05) is 26.8 Å². The molecule has 0 amide bonds. The molecule has 20 heavy (non-hydrogen) atoms. The van der Waals surface area contributed by atoms with Gasteiger partial charge in [0.1, 0.15) is 5.01 Å². The molecule has 1 N–H and O–H groups in total. The van der Waals surface area contributed by atoms with Crippen molar-refractivity contribution in [3.05, 3.63) is 16.1 Å². The molecule has 1 aromatic rings. The molecule has 0 atom stereocenters. The Kier molecular flexibility index (Phi) is 6.42. The second kappa shape index (κ2) is 8.08. The average molecular weight is 297 g/mol. The molecular weight excluding hydrogens is 270 g/mol. The number of nitrogens with one attached hydrogen (secondary N) is 1. The Labute approximate surface area is 126 Å². The molecule has 0 spiro atoms. The molecule has 1 aliphatic heterocycles. The molecule has 0 saturated carbocycles. The van der Waals surface area contributed by atoms with Gasteiger partial charge >= 0.3 is 0 Å². The van der Waals surface area contributed by atoms with Crippen LogP contribution >= 0.6 is 11.3 Å². The van der Waals surface area contributed by atoms with Crippen molar-refractivity contribution in [1.82, 2.24) is 15.2 Å². The largest absolute Gasteiger partial charge is 0.384 e. The lowest BCUT2D eigenvalue weighted by Crippen LogP contribution is -2.34. The van der Waals surface area contributed by atoms with Crippen LogP contribution in [0.5, 0.6) is 0 Å². The van der Waals surface area contributed by atoms with Gasteiger partial charge in [0, 0.05) is 38.2 Å². The van der Waals surface area contributed by atoms with E-state index in [1.807, 2.05) is 0 Å². The lowest BCUT2D eigenvalue weighted by molar-refractivity contribution is 0.0964. The fourth-order valence-electron chi connectivity index (χ4n) is 2.57. The fourth-order valence-corrected chi connectivity index (χ4v) is 3.31. The molecule has 5 heteroatoms. The summed E-state index contributed by atoms with van der Waals surface area (Å²) in [6.07, 6.45) is 2.50. The number of methoxy groups -OCH3 is 1. The van der Waals surface area contributed by atoms with Gasteiger partial charge in [0.15, 0.2) is 0 Å². The minimum atomic E-state index is 0.516. The van der Waals surface area contributed by atoms with Gasteiger partial charge in [-0.3, -0.25) is 4.90 Å². The standard InChI is InChI=1S/C15H27N3OS/c1-12(2)16-8-15-17-14(11-20-15)9-18-6-4-13(5-7-18)10-19-3/h11-13,16H,4-10H2,1-3H3. The van der Waals surface area contributed by atoms with Crippen molar-refractivity contribution in [3.8, 4) is 0 Å². The van der Waals surface area contributed by atoms with Gasteiger partial charge in [0.25, 0.3) is 0 Å². The normalized spacial score (nSPS) is 18.0. The molecule has 1 fully saturated rings. The van der Waals surface area contributed by atoms with E-state index in [0.717, 1.165) is 25.6 Å². The molecule has 2 heterocycles. The van der Waals surface area contributed by atoms with Crippen molar-refractivity contribution in [3.63, 3.8) is 0 Å². The summed E-state index contributed by atoms with van der Waals surface area (Å²) in [5.41, 5.74) is 1.22. The van der Waals surface area contributed by atoms with Crippen molar-refractivity contribution >= 4 is 11.3 Å². The topological polar surface area (TPSA) is 37.4 Å². The summed E-state index contributed by atoms with van der Waals surface area (Å²) in [7, 11) is 1.80. The lowest BCUT2D eigenvalue weighted by Gasteiger charge is -2.31. The Balaban J connectivity index is 1.74. The zero-order valence-electron chi connectivity index (χ0n) is 12.9. The van der Waals surface area contributed by atoms with E-state index >= 15 is 0 Å². The highest BCUT2D eigenvalue weighted by molar-refractivity contribution is 7.09. The Morgan fingerprint density at radius 3 is 2.85 bits per heavy atom. The van der Waals surface area contributed by atoms with Gasteiger partial charge in [-0.1, -0.05) is 13.8 Å². The molecule has 0 radical (unpaired) electrons. The second-order valence-corrected chi connectivity index (χ2v) is 6.89. The first kappa shape index (κ1) is 15.9. The van der Waals surface area contributed by atoms with E-state index < -0.39 is 0 Å². The summed E-state index contributed by atoms with van der Waals surface area (Å²) in [6.45, 7) is 9.47. The molecule has 1 saturated heterocycles. The van der Waals surface area contributed by atoms with E-state index in [-0.39, 0.29) is 0 Å². The molecule has 4 nitrogen and oxygen atoms in total. The third-order valence-electron chi connectivity index (χ3n) is 3.76. The molecule has 0 bridgehead atoms. The zero-order valence-corrected chi connectivity index (χ0v) is 13.7. The van der Waals surface area contributed by atoms with Crippen LogP contribution < -0.4 is 5.32 Å². The van der Waals surface area contributed by atoms with Crippen molar-refractivity contribution in [2.45, 2.75) is 45.8 Å². The van der Waals surface area contributed by atoms with Crippen LogP contribution in [0.3, 0.4) is 0 Å². The van der Waals surface area contributed by atoms with Gasteiger partial charge in [-0.05, 0) is 31.8 Å². The van der Waals surface area contributed by atoms with E-state index in [0.29, 0.717) is 6.04 Å². The van der Waals surface area contributed by atoms with Crippen LogP contribution in [0.1, 0.15) is 37.4 Å². The number of hydrogen-bond donors (Lipinski definition) is 1. The van der Waals surface area contributed by atoms with Gasteiger partial charge in [0.05, 0.1) is 5.69 Å². The summed E-state index contributed by atoms with van der Waals surface area (Å²) in [5, 5.41) is 6.82. The smallest absolute Gasteiger partial charge is 0.107 e. The third kappa shape index (κ3) is 5.13. The Hall–Kier alpha value is -0.490. The predicted molar refractivity (Wildman–Crippen MR) is 84.0 cm³/mol. The van der Waals surface area contributed by atoms with E-state index in [9.17, 15) is 0 Å². The van der Waals surface area contributed by atoms with Crippen LogP contribution in [-0.2, 0) is 17.8 Å². The maximum atomic E-state index is 5.25. The molecular formula is C15H27N3OS. The van der Waals surface area contributed by atoms with Crippen LogP contribution in [0.2, 0.25) is 0 Å². The Bertz CT molecular complexity index is 386. The summed E-state index contributed by atoms with van der Waals surface area (Å²) in [4.78, 5) is 7.24. The first-order chi connectivity index (χ1) is 9.67. The number of nitrogens with zero attached hydrogens (tertiary/aromatic N) is 2. The van der Waals surface area contributed by atoms with Crippen LogP contribution in [-0.4, -0.2) is 42.7 Å². The van der Waals surface area contributed by atoms with Gasteiger partial charge in [0.2, 0.25) is 0 Å². The minimum absolute atomic E-state index is 0.516. The Morgan fingerprint density at radius 1 is 1.45 bits per heavy atom. The summed E-state index contributed by atoms with van der Waals surface area (Å²) in [5.74, 6) is 0.748. The van der Waals surface area contributed by atoms with E-state index in [1.54, 1.807) is 18.4 Å². The molecule has 0 unspecified atom stereocenters. The number of hydrogen-bond acceptors (Lipinski definition) is 5. The Morgan fingerprint density at radius 2 is 2.20 bits per heavy atom. The number of likely N-dealkylation sites (tertiary alicyclic amines) is 1. The van der Waals surface area contributed by atoms with Crippen molar-refractivity contribution < 1.29 is 4.74 Å².